The van der Waals surface area contributed by atoms with Gasteiger partial charge in [-0.15, -0.1) is 0 Å². The van der Waals surface area contributed by atoms with Crippen LogP contribution in [-0.2, 0) is 24.4 Å². The molecule has 1 heterocycles. The van der Waals surface area contributed by atoms with Gasteiger partial charge in [-0.2, -0.15) is 4.98 Å². The Labute approximate surface area is 163 Å². The number of rotatable bonds is 7. The van der Waals surface area contributed by atoms with Crippen molar-refractivity contribution in [2.75, 3.05) is 19.5 Å². The highest BCUT2D eigenvalue weighted by atomic mass is 32.2. The molecule has 0 saturated heterocycles. The minimum absolute atomic E-state index is 0.0609. The van der Waals surface area contributed by atoms with Gasteiger partial charge in [0.1, 0.15) is 0 Å². The van der Waals surface area contributed by atoms with Crippen molar-refractivity contribution in [3.05, 3.63) is 60.2 Å². The lowest BCUT2D eigenvalue weighted by Gasteiger charge is -2.05. The van der Waals surface area contributed by atoms with Gasteiger partial charge in [0.15, 0.2) is 0 Å². The van der Waals surface area contributed by atoms with Gasteiger partial charge >= 0.3 is 0 Å². The molecule has 3 rings (SSSR count). The molecule has 0 unspecified atom stereocenters. The highest BCUT2D eigenvalue weighted by molar-refractivity contribution is 7.94. The summed E-state index contributed by atoms with van der Waals surface area (Å²) >= 11 is 0. The fraction of sp³-hybridized carbons (Fsp3) is 0.211. The van der Waals surface area contributed by atoms with E-state index in [1.165, 1.54) is 19.2 Å². The van der Waals surface area contributed by atoms with Gasteiger partial charge in [0.05, 0.1) is 17.3 Å². The molecule has 0 spiro atoms. The lowest BCUT2D eigenvalue weighted by atomic mass is 10.2. The Balaban J connectivity index is 2.21. The molecule has 0 fully saturated rings. The molecule has 0 radical (unpaired) electrons. The van der Waals surface area contributed by atoms with Crippen LogP contribution in [0, 0.1) is 6.92 Å². The van der Waals surface area contributed by atoms with E-state index in [2.05, 4.69) is 4.98 Å². The van der Waals surface area contributed by atoms with Crippen molar-refractivity contribution in [2.24, 2.45) is 0 Å². The lowest BCUT2D eigenvalue weighted by Crippen LogP contribution is -2.15. The summed E-state index contributed by atoms with van der Waals surface area (Å²) in [5.41, 5.74) is 1.34. The van der Waals surface area contributed by atoms with E-state index in [1.54, 1.807) is 42.5 Å². The van der Waals surface area contributed by atoms with Crippen LogP contribution < -0.4 is 0 Å². The van der Waals surface area contributed by atoms with E-state index < -0.39 is 35.5 Å². The zero-order valence-electron chi connectivity index (χ0n) is 15.3. The van der Waals surface area contributed by atoms with E-state index >= 15 is 0 Å². The molecule has 9 heteroatoms. The zero-order valence-corrected chi connectivity index (χ0v) is 17.0. The first-order valence-electron chi connectivity index (χ1n) is 8.35. The second kappa shape index (κ2) is 7.86. The first-order chi connectivity index (χ1) is 13.3. The lowest BCUT2D eigenvalue weighted by molar-refractivity contribution is 0.216. The normalized spacial score (nSPS) is 12.2. The van der Waals surface area contributed by atoms with Crippen molar-refractivity contribution in [1.29, 1.82) is 0 Å². The monoisotopic (exact) mass is 421 g/mol. The molecule has 7 nitrogen and oxygen atoms in total. The van der Waals surface area contributed by atoms with Crippen LogP contribution in [0.25, 0.3) is 11.5 Å². The summed E-state index contributed by atoms with van der Waals surface area (Å²) in [5.74, 6) is -0.508. The molecule has 148 valence electrons. The molecule has 2 aromatic carbocycles. The molecule has 0 aliphatic heterocycles. The fourth-order valence-corrected chi connectivity index (χ4v) is 5.46. The molecule has 0 aliphatic rings. The zero-order chi connectivity index (χ0) is 20.4. The summed E-state index contributed by atoms with van der Waals surface area (Å²) in [4.78, 5) is 3.99. The molecular weight excluding hydrogens is 402 g/mol. The molecule has 0 saturated carbocycles. The second-order valence-corrected chi connectivity index (χ2v) is 9.98. The number of oxazole rings is 1. The Kier molecular flexibility index (Phi) is 5.69. The van der Waals surface area contributed by atoms with E-state index in [0.717, 1.165) is 5.56 Å². The number of sulfone groups is 2. The highest BCUT2D eigenvalue weighted by Crippen LogP contribution is 2.32. The Morgan fingerprint density at radius 3 is 2.21 bits per heavy atom. The summed E-state index contributed by atoms with van der Waals surface area (Å²) in [6, 6.07) is 14.6. The smallest absolute Gasteiger partial charge is 0.258 e. The summed E-state index contributed by atoms with van der Waals surface area (Å²) in [5, 5.41) is -1.30. The summed E-state index contributed by atoms with van der Waals surface area (Å²) in [6.07, 6.45) is 0. The van der Waals surface area contributed by atoms with Crippen molar-refractivity contribution in [1.82, 2.24) is 4.98 Å². The fourth-order valence-electron chi connectivity index (χ4n) is 2.48. The Bertz CT molecular complexity index is 1160. The van der Waals surface area contributed by atoms with Crippen LogP contribution >= 0.6 is 0 Å². The van der Waals surface area contributed by atoms with Crippen LogP contribution in [0.5, 0.6) is 0 Å². The van der Waals surface area contributed by atoms with Crippen LogP contribution in [0.4, 0.5) is 0 Å². The molecule has 1 aromatic heterocycles. The average Bonchev–Trinajstić information content (AvgIpc) is 3.15. The van der Waals surface area contributed by atoms with Crippen LogP contribution in [-0.4, -0.2) is 41.3 Å². The minimum atomic E-state index is -4.21. The first kappa shape index (κ1) is 20.2. The Morgan fingerprint density at radius 1 is 0.964 bits per heavy atom. The SMILES string of the molecule is COCCS(=O)(=O)c1oc(-c2ccccc2)nc1S(=O)(=O)c1ccc(C)cc1. The van der Waals surface area contributed by atoms with Gasteiger partial charge in [-0.05, 0) is 31.2 Å². The number of benzene rings is 2. The largest absolute Gasteiger partial charge is 0.423 e. The van der Waals surface area contributed by atoms with E-state index in [9.17, 15) is 16.8 Å². The topological polar surface area (TPSA) is 104 Å². The number of methoxy groups -OCH3 is 1. The molecule has 3 aromatic rings. The summed E-state index contributed by atoms with van der Waals surface area (Å²) in [7, 11) is -6.92. The maximum absolute atomic E-state index is 13.1. The van der Waals surface area contributed by atoms with Gasteiger partial charge in [0.25, 0.3) is 5.09 Å². The van der Waals surface area contributed by atoms with Crippen LogP contribution in [0.2, 0.25) is 0 Å². The maximum atomic E-state index is 13.1. The number of hydrogen-bond acceptors (Lipinski definition) is 7. The van der Waals surface area contributed by atoms with E-state index in [-0.39, 0.29) is 17.4 Å². The number of aromatic nitrogens is 1. The van der Waals surface area contributed by atoms with Gasteiger partial charge in [0, 0.05) is 12.7 Å². The standard InChI is InChI=1S/C19H19NO6S2/c1-14-8-10-16(11-9-14)28(23,24)18-19(27(21,22)13-12-25-2)26-17(20-18)15-6-4-3-5-7-15/h3-11H,12-13H2,1-2H3. The molecular formula is C19H19NO6S2. The van der Waals surface area contributed by atoms with Crippen LogP contribution in [0.15, 0.2) is 74.0 Å². The van der Waals surface area contributed by atoms with Crippen molar-refractivity contribution >= 4 is 19.7 Å². The average molecular weight is 421 g/mol. The van der Waals surface area contributed by atoms with Gasteiger partial charge < -0.3 is 9.15 Å². The van der Waals surface area contributed by atoms with Crippen molar-refractivity contribution in [3.63, 3.8) is 0 Å². The number of nitrogens with zero attached hydrogens (tertiary/aromatic N) is 1. The molecule has 0 aliphatic carbocycles. The van der Waals surface area contributed by atoms with Crippen molar-refractivity contribution in [3.8, 4) is 11.5 Å². The predicted octanol–water partition coefficient (Wildman–Crippen LogP) is 2.90. The van der Waals surface area contributed by atoms with Crippen LogP contribution in [0.1, 0.15) is 5.56 Å². The van der Waals surface area contributed by atoms with E-state index in [1.807, 2.05) is 6.92 Å². The maximum Gasteiger partial charge on any atom is 0.258 e. The summed E-state index contributed by atoms with van der Waals surface area (Å²) in [6.45, 7) is 1.72. The van der Waals surface area contributed by atoms with Gasteiger partial charge in [-0.25, -0.2) is 16.8 Å². The molecule has 28 heavy (non-hydrogen) atoms. The van der Waals surface area contributed by atoms with Crippen molar-refractivity contribution in [2.45, 2.75) is 21.9 Å². The Hall–Kier alpha value is -2.49. The first-order valence-corrected chi connectivity index (χ1v) is 11.5. The van der Waals surface area contributed by atoms with E-state index in [0.29, 0.717) is 5.56 Å². The van der Waals surface area contributed by atoms with Crippen molar-refractivity contribution < 1.29 is 26.0 Å². The highest BCUT2D eigenvalue weighted by Gasteiger charge is 2.35. The Morgan fingerprint density at radius 2 is 1.61 bits per heavy atom. The number of aryl methyl sites for hydroxylation is 1. The van der Waals surface area contributed by atoms with Gasteiger partial charge in [0.2, 0.25) is 30.6 Å². The molecule has 0 N–H and O–H groups in total. The minimum Gasteiger partial charge on any atom is -0.423 e. The molecule has 0 bridgehead atoms. The predicted molar refractivity (Wildman–Crippen MR) is 102 cm³/mol. The third kappa shape index (κ3) is 4.01. The number of ether oxygens (including phenoxy) is 1. The number of hydrogen-bond donors (Lipinski definition) is 0. The van der Waals surface area contributed by atoms with E-state index in [4.69, 9.17) is 9.15 Å². The summed E-state index contributed by atoms with van der Waals surface area (Å²) < 4.78 is 61.9. The second-order valence-electron chi connectivity index (χ2n) is 6.11. The third-order valence-corrected chi connectivity index (χ3v) is 7.37. The van der Waals surface area contributed by atoms with Gasteiger partial charge in [-0.1, -0.05) is 35.9 Å². The third-order valence-electron chi connectivity index (χ3n) is 4.01. The van der Waals surface area contributed by atoms with Crippen LogP contribution in [0.3, 0.4) is 0 Å². The molecule has 0 atom stereocenters. The molecule has 0 amide bonds. The van der Waals surface area contributed by atoms with Gasteiger partial charge in [-0.3, -0.25) is 0 Å². The quantitative estimate of drug-likeness (QED) is 0.578.